The van der Waals surface area contributed by atoms with Crippen LogP contribution in [0.5, 0.6) is 5.75 Å². The molecule has 0 spiro atoms. The molecule has 5 atom stereocenters. The summed E-state index contributed by atoms with van der Waals surface area (Å²) >= 11 is 0. The van der Waals surface area contributed by atoms with Crippen LogP contribution in [0.1, 0.15) is 33.3 Å². The average molecular weight is 465 g/mol. The van der Waals surface area contributed by atoms with Gasteiger partial charge in [0.2, 0.25) is 6.29 Å². The van der Waals surface area contributed by atoms with Crippen molar-refractivity contribution >= 4 is 30.1 Å². The van der Waals surface area contributed by atoms with Gasteiger partial charge in [-0.25, -0.2) is 0 Å². The van der Waals surface area contributed by atoms with E-state index in [0.717, 1.165) is 0 Å². The molecule has 1 aliphatic heterocycles. The molecule has 1 aromatic rings. The predicted molar refractivity (Wildman–Crippen MR) is 113 cm³/mol. The van der Waals surface area contributed by atoms with Crippen LogP contribution in [0.3, 0.4) is 0 Å². The summed E-state index contributed by atoms with van der Waals surface area (Å²) in [6.07, 6.45) is -3.31. The Kier molecular flexibility index (Phi) is 9.34. The van der Waals surface area contributed by atoms with Gasteiger partial charge in [0.05, 0.1) is 7.11 Å². The molecule has 0 unspecified atom stereocenters. The second-order valence-electron chi connectivity index (χ2n) is 7.14. The lowest BCUT2D eigenvalue weighted by atomic mass is 9.96. The van der Waals surface area contributed by atoms with E-state index in [9.17, 15) is 19.2 Å². The monoisotopic (exact) mass is 465 g/mol. The number of ether oxygens (including phenoxy) is 6. The second kappa shape index (κ2) is 12.0. The molecule has 0 amide bonds. The number of rotatable bonds is 8. The van der Waals surface area contributed by atoms with Crippen LogP contribution < -0.4 is 4.74 Å². The van der Waals surface area contributed by atoms with Gasteiger partial charge in [-0.1, -0.05) is 0 Å². The Morgan fingerprint density at radius 1 is 0.879 bits per heavy atom. The largest absolute Gasteiger partial charge is 0.497 e. The van der Waals surface area contributed by atoms with E-state index in [0.29, 0.717) is 11.3 Å². The first kappa shape index (κ1) is 25.8. The van der Waals surface area contributed by atoms with Crippen LogP contribution in [0.2, 0.25) is 0 Å². The molecule has 1 aliphatic rings. The maximum absolute atomic E-state index is 11.9. The molecule has 1 fully saturated rings. The fraction of sp³-hybridized carbons (Fsp3) is 0.500. The molecule has 0 N–H and O–H groups in total. The third-order valence-corrected chi connectivity index (χ3v) is 4.46. The number of hydrogen-bond acceptors (Lipinski definition) is 11. The fourth-order valence-electron chi connectivity index (χ4n) is 3.17. The average Bonchev–Trinajstić information content (AvgIpc) is 2.73. The lowest BCUT2D eigenvalue weighted by Crippen LogP contribution is -2.61. The highest BCUT2D eigenvalue weighted by atomic mass is 16.7. The highest BCUT2D eigenvalue weighted by Crippen LogP contribution is 2.30. The van der Waals surface area contributed by atoms with Gasteiger partial charge in [0.25, 0.3) is 0 Å². The van der Waals surface area contributed by atoms with E-state index in [2.05, 4.69) is 4.99 Å². The van der Waals surface area contributed by atoms with Gasteiger partial charge in [0, 0.05) is 33.9 Å². The molecular weight excluding hydrogens is 438 g/mol. The summed E-state index contributed by atoms with van der Waals surface area (Å²) in [5.41, 5.74) is 0.671. The molecule has 11 heteroatoms. The summed E-state index contributed by atoms with van der Waals surface area (Å²) < 4.78 is 32.0. The molecule has 11 nitrogen and oxygen atoms in total. The van der Waals surface area contributed by atoms with Crippen molar-refractivity contribution in [2.75, 3.05) is 13.7 Å². The minimum atomic E-state index is -1.31. The summed E-state index contributed by atoms with van der Waals surface area (Å²) in [5, 5.41) is 0. The second-order valence-corrected chi connectivity index (χ2v) is 7.14. The van der Waals surface area contributed by atoms with Crippen LogP contribution in [-0.2, 0) is 42.9 Å². The number of carbonyl (C=O) groups is 4. The van der Waals surface area contributed by atoms with Crippen LogP contribution in [-0.4, -0.2) is 74.5 Å². The van der Waals surface area contributed by atoms with E-state index in [-0.39, 0.29) is 6.61 Å². The maximum atomic E-state index is 11.9. The first-order chi connectivity index (χ1) is 15.6. The summed E-state index contributed by atoms with van der Waals surface area (Å²) in [5.74, 6) is -2.00. The van der Waals surface area contributed by atoms with E-state index in [1.165, 1.54) is 41.0 Å². The van der Waals surface area contributed by atoms with Crippen LogP contribution in [0.15, 0.2) is 29.3 Å². The van der Waals surface area contributed by atoms with E-state index in [4.69, 9.17) is 28.4 Å². The zero-order chi connectivity index (χ0) is 24.5. The first-order valence-electron chi connectivity index (χ1n) is 10.1. The fourth-order valence-corrected chi connectivity index (χ4v) is 3.17. The smallest absolute Gasteiger partial charge is 0.305 e. The van der Waals surface area contributed by atoms with Crippen LogP contribution in [0.25, 0.3) is 0 Å². The molecule has 0 aromatic heterocycles. The first-order valence-corrected chi connectivity index (χ1v) is 10.1. The van der Waals surface area contributed by atoms with Crippen molar-refractivity contribution in [1.29, 1.82) is 0 Å². The van der Waals surface area contributed by atoms with Gasteiger partial charge in [0.15, 0.2) is 18.2 Å². The van der Waals surface area contributed by atoms with Gasteiger partial charge < -0.3 is 28.4 Å². The highest BCUT2D eigenvalue weighted by molar-refractivity contribution is 5.80. The molecule has 1 heterocycles. The quantitative estimate of drug-likeness (QED) is 0.313. The third kappa shape index (κ3) is 7.86. The Hall–Kier alpha value is -3.47. The zero-order valence-electron chi connectivity index (χ0n) is 19.0. The van der Waals surface area contributed by atoms with Crippen molar-refractivity contribution in [2.45, 2.75) is 58.3 Å². The lowest BCUT2D eigenvalue weighted by Gasteiger charge is -2.42. The predicted octanol–water partition coefficient (Wildman–Crippen LogP) is 1.20. The summed E-state index contributed by atoms with van der Waals surface area (Å²) in [6.45, 7) is 4.37. The molecule has 0 radical (unpaired) electrons. The standard InChI is InChI=1S/C22H27NO10/c1-12(24)29-11-18-20(30-13(2)25)21(31-14(3)26)19(22(33-18)32-15(4)27)23-10-16-6-8-17(28-5)9-7-16/h6-10,18-22H,11H2,1-5H3/t18-,19+,20+,21+,22-/m0/s1. The van der Waals surface area contributed by atoms with Crippen molar-refractivity contribution in [1.82, 2.24) is 0 Å². The van der Waals surface area contributed by atoms with Crippen molar-refractivity contribution < 1.29 is 47.6 Å². The van der Waals surface area contributed by atoms with Crippen LogP contribution in [0.4, 0.5) is 0 Å². The molecule has 0 saturated carbocycles. The molecule has 180 valence electrons. The third-order valence-electron chi connectivity index (χ3n) is 4.46. The molecule has 1 aromatic carbocycles. The minimum absolute atomic E-state index is 0.336. The maximum Gasteiger partial charge on any atom is 0.305 e. The molecule has 33 heavy (non-hydrogen) atoms. The number of carbonyl (C=O) groups excluding carboxylic acids is 4. The number of benzene rings is 1. The van der Waals surface area contributed by atoms with Crippen molar-refractivity contribution in [3.05, 3.63) is 29.8 Å². The van der Waals surface area contributed by atoms with E-state index >= 15 is 0 Å². The molecule has 0 bridgehead atoms. The normalized spacial score (nSPS) is 24.6. The Morgan fingerprint density at radius 2 is 1.45 bits per heavy atom. The molecule has 1 saturated heterocycles. The van der Waals surface area contributed by atoms with Gasteiger partial charge in [-0.15, -0.1) is 0 Å². The van der Waals surface area contributed by atoms with Gasteiger partial charge in [-0.2, -0.15) is 0 Å². The van der Waals surface area contributed by atoms with E-state index in [1.807, 2.05) is 0 Å². The summed E-state index contributed by atoms with van der Waals surface area (Å²) in [7, 11) is 1.54. The van der Waals surface area contributed by atoms with Crippen molar-refractivity contribution in [2.24, 2.45) is 4.99 Å². The van der Waals surface area contributed by atoms with Gasteiger partial charge >= 0.3 is 23.9 Å². The van der Waals surface area contributed by atoms with Crippen LogP contribution in [0, 0.1) is 0 Å². The number of esters is 4. The van der Waals surface area contributed by atoms with Gasteiger partial charge in [0.1, 0.15) is 18.5 Å². The SMILES string of the molecule is COc1ccc(C=N[C@H]2[C@@H](OC(C)=O)O[C@@H](COC(C)=O)[C@@H](OC(C)=O)[C@@H]2OC(C)=O)cc1. The number of nitrogens with zero attached hydrogens (tertiary/aromatic N) is 1. The van der Waals surface area contributed by atoms with Crippen LogP contribution >= 0.6 is 0 Å². The Morgan fingerprint density at radius 3 is 1.97 bits per heavy atom. The number of hydrogen-bond donors (Lipinski definition) is 0. The number of aliphatic imine (C=N–C) groups is 1. The Bertz CT molecular complexity index is 882. The lowest BCUT2D eigenvalue weighted by molar-refractivity contribution is -0.266. The molecule has 2 rings (SSSR count). The molecule has 0 aliphatic carbocycles. The zero-order valence-corrected chi connectivity index (χ0v) is 19.0. The molecular formula is C22H27NO10. The summed E-state index contributed by atoms with van der Waals surface area (Å²) in [6, 6.07) is 5.84. The highest BCUT2D eigenvalue weighted by Gasteiger charge is 2.51. The van der Waals surface area contributed by atoms with E-state index in [1.54, 1.807) is 24.3 Å². The topological polar surface area (TPSA) is 136 Å². The Labute approximate surface area is 190 Å². The van der Waals surface area contributed by atoms with Crippen molar-refractivity contribution in [3.8, 4) is 5.75 Å². The van der Waals surface area contributed by atoms with Crippen molar-refractivity contribution in [3.63, 3.8) is 0 Å². The number of methoxy groups -OCH3 is 1. The Balaban J connectivity index is 2.45. The summed E-state index contributed by atoms with van der Waals surface area (Å²) in [4.78, 5) is 51.1. The van der Waals surface area contributed by atoms with Gasteiger partial charge in [-0.05, 0) is 29.8 Å². The van der Waals surface area contributed by atoms with E-state index < -0.39 is 54.5 Å². The minimum Gasteiger partial charge on any atom is -0.497 e. The van der Waals surface area contributed by atoms with Gasteiger partial charge in [-0.3, -0.25) is 24.2 Å².